The van der Waals surface area contributed by atoms with Gasteiger partial charge in [-0.15, -0.1) is 0 Å². The van der Waals surface area contributed by atoms with E-state index in [1.54, 1.807) is 4.68 Å². The molecule has 0 saturated carbocycles. The molecule has 5 heteroatoms. The lowest BCUT2D eigenvalue weighted by atomic mass is 10.1. The van der Waals surface area contributed by atoms with Gasteiger partial charge in [0, 0.05) is 24.8 Å². The van der Waals surface area contributed by atoms with Crippen molar-refractivity contribution >= 4 is 5.91 Å². The molecule has 1 aromatic heterocycles. The number of nitrogens with zero attached hydrogens (tertiary/aromatic N) is 3. The van der Waals surface area contributed by atoms with Crippen LogP contribution in [0.1, 0.15) is 22.3 Å². The predicted molar refractivity (Wildman–Crippen MR) is 112 cm³/mol. The van der Waals surface area contributed by atoms with Gasteiger partial charge in [0.2, 0.25) is 0 Å². The first-order valence-electron chi connectivity index (χ1n) is 9.79. The van der Waals surface area contributed by atoms with Gasteiger partial charge in [0.1, 0.15) is 5.69 Å². The number of likely N-dealkylation sites (tertiary alicyclic amines) is 1. The van der Waals surface area contributed by atoms with Crippen LogP contribution in [0.3, 0.4) is 0 Å². The number of carbonyl (C=O) groups is 1. The molecule has 144 valence electrons. The van der Waals surface area contributed by atoms with Gasteiger partial charge >= 0.3 is 0 Å². The molecule has 1 aliphatic heterocycles. The van der Waals surface area contributed by atoms with Gasteiger partial charge in [0.25, 0.3) is 5.91 Å². The maximum Gasteiger partial charge on any atom is 0.255 e. The van der Waals surface area contributed by atoms with Gasteiger partial charge in [-0.25, -0.2) is 4.68 Å². The summed E-state index contributed by atoms with van der Waals surface area (Å²) >= 11 is 0. The Hall–Kier alpha value is -2.92. The molecule has 0 bridgehead atoms. The molecule has 2 heterocycles. The van der Waals surface area contributed by atoms with Gasteiger partial charge in [0.15, 0.2) is 0 Å². The zero-order chi connectivity index (χ0) is 19.5. The molecule has 28 heavy (non-hydrogen) atoms. The van der Waals surface area contributed by atoms with E-state index in [0.717, 1.165) is 30.8 Å². The van der Waals surface area contributed by atoms with E-state index in [1.807, 2.05) is 60.8 Å². The van der Waals surface area contributed by atoms with Gasteiger partial charge in [-0.2, -0.15) is 5.10 Å². The minimum absolute atomic E-state index is 0.0627. The Bertz CT molecular complexity index is 946. The molecular weight excluding hydrogens is 348 g/mol. The summed E-state index contributed by atoms with van der Waals surface area (Å²) < 4.78 is 1.79. The molecule has 2 aromatic carbocycles. The van der Waals surface area contributed by atoms with Crippen LogP contribution in [0.2, 0.25) is 0 Å². The molecule has 0 radical (unpaired) electrons. The van der Waals surface area contributed by atoms with E-state index >= 15 is 0 Å². The number of hydrogen-bond donors (Lipinski definition) is 1. The third kappa shape index (κ3) is 3.99. The molecule has 0 aliphatic carbocycles. The number of para-hydroxylation sites is 1. The lowest BCUT2D eigenvalue weighted by Crippen LogP contribution is -2.30. The molecular formula is C23H26N4O. The molecule has 1 N–H and O–H groups in total. The first kappa shape index (κ1) is 18.4. The van der Waals surface area contributed by atoms with Crippen LogP contribution in [0.4, 0.5) is 0 Å². The summed E-state index contributed by atoms with van der Waals surface area (Å²) in [4.78, 5) is 15.3. The summed E-state index contributed by atoms with van der Waals surface area (Å²) in [6.45, 7) is 4.89. The van der Waals surface area contributed by atoms with Gasteiger partial charge in [-0.1, -0.05) is 48.0 Å². The second-order valence-electron chi connectivity index (χ2n) is 7.66. The lowest BCUT2D eigenvalue weighted by Gasteiger charge is -2.11. The predicted octanol–water partition coefficient (Wildman–Crippen LogP) is 3.53. The SMILES string of the molecule is Cc1ccc(-c2nn(-c3ccccc3)cc2C(=O)NCC2CCN(C)C2)cc1. The number of aromatic nitrogens is 2. The molecule has 1 amide bonds. The third-order valence-electron chi connectivity index (χ3n) is 5.34. The van der Waals surface area contributed by atoms with Crippen molar-refractivity contribution in [2.45, 2.75) is 13.3 Å². The van der Waals surface area contributed by atoms with Crippen molar-refractivity contribution in [3.63, 3.8) is 0 Å². The van der Waals surface area contributed by atoms with E-state index in [-0.39, 0.29) is 5.91 Å². The number of rotatable bonds is 5. The van der Waals surface area contributed by atoms with Crippen LogP contribution in [0, 0.1) is 12.8 Å². The van der Waals surface area contributed by atoms with Gasteiger partial charge in [0.05, 0.1) is 11.3 Å². The van der Waals surface area contributed by atoms with Crippen molar-refractivity contribution in [2.75, 3.05) is 26.7 Å². The Balaban J connectivity index is 1.63. The minimum atomic E-state index is -0.0627. The Morgan fingerprint density at radius 3 is 2.57 bits per heavy atom. The van der Waals surface area contributed by atoms with Crippen LogP contribution < -0.4 is 5.32 Å². The van der Waals surface area contributed by atoms with Gasteiger partial charge < -0.3 is 10.2 Å². The second-order valence-corrected chi connectivity index (χ2v) is 7.66. The second kappa shape index (κ2) is 7.98. The Kier molecular flexibility index (Phi) is 5.26. The van der Waals surface area contributed by atoms with Crippen molar-refractivity contribution < 1.29 is 4.79 Å². The zero-order valence-electron chi connectivity index (χ0n) is 16.4. The monoisotopic (exact) mass is 374 g/mol. The van der Waals surface area contributed by atoms with Crippen LogP contribution >= 0.6 is 0 Å². The first-order valence-corrected chi connectivity index (χ1v) is 9.79. The summed E-state index contributed by atoms with van der Waals surface area (Å²) in [7, 11) is 2.13. The summed E-state index contributed by atoms with van der Waals surface area (Å²) in [5.74, 6) is 0.452. The van der Waals surface area contributed by atoms with E-state index in [2.05, 4.69) is 24.2 Å². The summed E-state index contributed by atoms with van der Waals surface area (Å²) in [6, 6.07) is 18.0. The molecule has 1 unspecified atom stereocenters. The number of nitrogens with one attached hydrogen (secondary N) is 1. The van der Waals surface area contributed by atoms with E-state index in [9.17, 15) is 4.79 Å². The van der Waals surface area contributed by atoms with E-state index in [1.165, 1.54) is 5.56 Å². The zero-order valence-corrected chi connectivity index (χ0v) is 16.4. The summed E-state index contributed by atoms with van der Waals surface area (Å²) in [5, 5.41) is 7.87. The van der Waals surface area contributed by atoms with Crippen molar-refractivity contribution in [3.8, 4) is 16.9 Å². The van der Waals surface area contributed by atoms with Crippen molar-refractivity contribution in [1.29, 1.82) is 0 Å². The number of carbonyl (C=O) groups excluding carboxylic acids is 1. The van der Waals surface area contributed by atoms with Crippen LogP contribution in [0.15, 0.2) is 60.8 Å². The first-order chi connectivity index (χ1) is 13.6. The maximum absolute atomic E-state index is 13.0. The molecule has 3 aromatic rings. The highest BCUT2D eigenvalue weighted by molar-refractivity contribution is 5.99. The number of hydrogen-bond acceptors (Lipinski definition) is 3. The smallest absolute Gasteiger partial charge is 0.255 e. The van der Waals surface area contributed by atoms with Crippen molar-refractivity contribution in [2.24, 2.45) is 5.92 Å². The Morgan fingerprint density at radius 2 is 1.89 bits per heavy atom. The van der Waals surface area contributed by atoms with Gasteiger partial charge in [-0.3, -0.25) is 4.79 Å². The van der Waals surface area contributed by atoms with Crippen LogP contribution in [0.5, 0.6) is 0 Å². The molecule has 1 saturated heterocycles. The normalized spacial score (nSPS) is 17.0. The molecule has 1 atom stereocenters. The average molecular weight is 374 g/mol. The molecule has 5 nitrogen and oxygen atoms in total. The highest BCUT2D eigenvalue weighted by Gasteiger charge is 2.22. The number of benzene rings is 2. The topological polar surface area (TPSA) is 50.2 Å². The van der Waals surface area contributed by atoms with E-state index in [0.29, 0.717) is 23.7 Å². The van der Waals surface area contributed by atoms with Crippen LogP contribution in [0.25, 0.3) is 16.9 Å². The third-order valence-corrected chi connectivity index (χ3v) is 5.34. The van der Waals surface area contributed by atoms with E-state index in [4.69, 9.17) is 5.10 Å². The average Bonchev–Trinajstić information content (AvgIpc) is 3.34. The van der Waals surface area contributed by atoms with Crippen LogP contribution in [-0.4, -0.2) is 47.3 Å². The lowest BCUT2D eigenvalue weighted by molar-refractivity contribution is 0.0948. The molecule has 1 fully saturated rings. The quantitative estimate of drug-likeness (QED) is 0.743. The molecule has 4 rings (SSSR count). The largest absolute Gasteiger partial charge is 0.352 e. The highest BCUT2D eigenvalue weighted by atomic mass is 16.1. The molecule has 1 aliphatic rings. The Morgan fingerprint density at radius 1 is 1.14 bits per heavy atom. The molecule has 0 spiro atoms. The van der Waals surface area contributed by atoms with E-state index < -0.39 is 0 Å². The fourth-order valence-electron chi connectivity index (χ4n) is 3.70. The highest BCUT2D eigenvalue weighted by Crippen LogP contribution is 2.24. The fourth-order valence-corrected chi connectivity index (χ4v) is 3.70. The minimum Gasteiger partial charge on any atom is -0.352 e. The Labute approximate surface area is 166 Å². The van der Waals surface area contributed by atoms with Gasteiger partial charge in [-0.05, 0) is 45.0 Å². The van der Waals surface area contributed by atoms with Crippen LogP contribution in [-0.2, 0) is 0 Å². The number of amides is 1. The fraction of sp³-hybridized carbons (Fsp3) is 0.304. The standard InChI is InChI=1S/C23H26N4O/c1-17-8-10-19(11-9-17)22-21(16-27(25-22)20-6-4-3-5-7-20)23(28)24-14-18-12-13-26(2)15-18/h3-11,16,18H,12-15H2,1-2H3,(H,24,28). The maximum atomic E-state index is 13.0. The van der Waals surface area contributed by atoms with Crippen molar-refractivity contribution in [3.05, 3.63) is 71.9 Å². The summed E-state index contributed by atoms with van der Waals surface area (Å²) in [5.41, 5.74) is 4.39. The number of aryl methyl sites for hydroxylation is 1. The van der Waals surface area contributed by atoms with Crippen molar-refractivity contribution in [1.82, 2.24) is 20.0 Å². The summed E-state index contributed by atoms with van der Waals surface area (Å²) in [6.07, 6.45) is 2.96.